The predicted octanol–water partition coefficient (Wildman–Crippen LogP) is 1.14. The van der Waals surface area contributed by atoms with Gasteiger partial charge < -0.3 is 0 Å². The van der Waals surface area contributed by atoms with E-state index in [0.717, 1.165) is 32.2 Å². The second-order valence-electron chi connectivity index (χ2n) is 4.95. The fraction of sp³-hybridized carbons (Fsp3) is 0.917. The SMILES string of the molecule is CC(=O)CN1CCN(C2CCCC2)CC1. The molecule has 0 N–H and O–H groups in total. The molecule has 2 fully saturated rings. The van der Waals surface area contributed by atoms with Crippen molar-refractivity contribution in [2.45, 2.75) is 38.6 Å². The molecule has 15 heavy (non-hydrogen) atoms. The molecule has 0 aromatic carbocycles. The van der Waals surface area contributed by atoms with Gasteiger partial charge in [-0.2, -0.15) is 0 Å². The van der Waals surface area contributed by atoms with Crippen molar-refractivity contribution in [2.75, 3.05) is 32.7 Å². The number of piperazine rings is 1. The molecular formula is C12H22N2O. The van der Waals surface area contributed by atoms with Crippen molar-refractivity contribution in [1.29, 1.82) is 0 Å². The maximum Gasteiger partial charge on any atom is 0.143 e. The minimum Gasteiger partial charge on any atom is -0.299 e. The minimum atomic E-state index is 0.296. The molecule has 0 aromatic heterocycles. The first kappa shape index (κ1) is 11.1. The van der Waals surface area contributed by atoms with Crippen LogP contribution in [0.25, 0.3) is 0 Å². The smallest absolute Gasteiger partial charge is 0.143 e. The van der Waals surface area contributed by atoms with Gasteiger partial charge in [0, 0.05) is 32.2 Å². The molecule has 1 aliphatic heterocycles. The minimum absolute atomic E-state index is 0.296. The van der Waals surface area contributed by atoms with Crippen molar-refractivity contribution < 1.29 is 4.79 Å². The van der Waals surface area contributed by atoms with E-state index in [1.165, 1.54) is 25.7 Å². The van der Waals surface area contributed by atoms with E-state index in [4.69, 9.17) is 0 Å². The number of ketones is 1. The molecule has 0 atom stereocenters. The third-order valence-electron chi connectivity index (χ3n) is 3.69. The second-order valence-corrected chi connectivity index (χ2v) is 4.95. The largest absolute Gasteiger partial charge is 0.299 e. The van der Waals surface area contributed by atoms with Gasteiger partial charge in [0.1, 0.15) is 5.78 Å². The third-order valence-corrected chi connectivity index (χ3v) is 3.69. The van der Waals surface area contributed by atoms with Crippen LogP contribution >= 0.6 is 0 Å². The predicted molar refractivity (Wildman–Crippen MR) is 61.0 cm³/mol. The van der Waals surface area contributed by atoms with Crippen LogP contribution in [0.5, 0.6) is 0 Å². The van der Waals surface area contributed by atoms with Gasteiger partial charge in [0.2, 0.25) is 0 Å². The molecule has 0 radical (unpaired) electrons. The summed E-state index contributed by atoms with van der Waals surface area (Å²) in [6.45, 7) is 6.82. The molecule has 2 aliphatic rings. The van der Waals surface area contributed by atoms with Crippen LogP contribution in [0.3, 0.4) is 0 Å². The van der Waals surface area contributed by atoms with Gasteiger partial charge in [-0.05, 0) is 19.8 Å². The summed E-state index contributed by atoms with van der Waals surface area (Å²) in [7, 11) is 0. The Morgan fingerprint density at radius 3 is 2.27 bits per heavy atom. The highest BCUT2D eigenvalue weighted by Crippen LogP contribution is 2.24. The van der Waals surface area contributed by atoms with E-state index in [2.05, 4.69) is 9.80 Å². The fourth-order valence-corrected chi connectivity index (χ4v) is 2.87. The van der Waals surface area contributed by atoms with Crippen LogP contribution < -0.4 is 0 Å². The molecule has 1 aliphatic carbocycles. The lowest BCUT2D eigenvalue weighted by Gasteiger charge is -2.37. The average Bonchev–Trinajstić information content (AvgIpc) is 2.71. The molecule has 86 valence electrons. The number of carbonyl (C=O) groups excluding carboxylic acids is 1. The van der Waals surface area contributed by atoms with Gasteiger partial charge in [0.15, 0.2) is 0 Å². The highest BCUT2D eigenvalue weighted by atomic mass is 16.1. The Labute approximate surface area is 92.4 Å². The monoisotopic (exact) mass is 210 g/mol. The van der Waals surface area contributed by atoms with E-state index < -0.39 is 0 Å². The molecule has 0 aromatic rings. The van der Waals surface area contributed by atoms with Crippen molar-refractivity contribution in [1.82, 2.24) is 9.80 Å². The molecule has 0 unspecified atom stereocenters. The van der Waals surface area contributed by atoms with E-state index in [0.29, 0.717) is 12.3 Å². The van der Waals surface area contributed by atoms with Crippen molar-refractivity contribution in [3.63, 3.8) is 0 Å². The first-order valence-corrected chi connectivity index (χ1v) is 6.21. The van der Waals surface area contributed by atoms with E-state index in [-0.39, 0.29) is 0 Å². The normalized spacial score (nSPS) is 25.9. The van der Waals surface area contributed by atoms with Crippen molar-refractivity contribution in [3.05, 3.63) is 0 Å². The summed E-state index contributed by atoms with van der Waals surface area (Å²) >= 11 is 0. The number of Topliss-reactive ketones (excluding diaryl/α,β-unsaturated/α-hetero) is 1. The van der Waals surface area contributed by atoms with E-state index >= 15 is 0 Å². The molecule has 1 heterocycles. The van der Waals surface area contributed by atoms with Gasteiger partial charge in [-0.15, -0.1) is 0 Å². The molecular weight excluding hydrogens is 188 g/mol. The zero-order valence-electron chi connectivity index (χ0n) is 9.74. The van der Waals surface area contributed by atoms with Crippen LogP contribution in [-0.2, 0) is 4.79 Å². The van der Waals surface area contributed by atoms with Crippen LogP contribution in [0.2, 0.25) is 0 Å². The van der Waals surface area contributed by atoms with Crippen LogP contribution in [0.1, 0.15) is 32.6 Å². The topological polar surface area (TPSA) is 23.6 Å². The first-order chi connectivity index (χ1) is 7.25. The Bertz CT molecular complexity index is 216. The molecule has 0 bridgehead atoms. The second kappa shape index (κ2) is 5.08. The summed E-state index contributed by atoms with van der Waals surface area (Å²) in [4.78, 5) is 15.9. The number of nitrogens with zero attached hydrogens (tertiary/aromatic N) is 2. The summed E-state index contributed by atoms with van der Waals surface area (Å²) in [6.07, 6.45) is 5.62. The molecule has 1 saturated heterocycles. The quantitative estimate of drug-likeness (QED) is 0.698. The molecule has 3 nitrogen and oxygen atoms in total. The van der Waals surface area contributed by atoms with Gasteiger partial charge in [-0.3, -0.25) is 14.6 Å². The lowest BCUT2D eigenvalue weighted by atomic mass is 10.2. The standard InChI is InChI=1S/C12H22N2O/c1-11(15)10-13-6-8-14(9-7-13)12-4-2-3-5-12/h12H,2-10H2,1H3. The van der Waals surface area contributed by atoms with Gasteiger partial charge in [0.05, 0.1) is 6.54 Å². The number of carbonyl (C=O) groups is 1. The van der Waals surface area contributed by atoms with Gasteiger partial charge in [-0.1, -0.05) is 12.8 Å². The van der Waals surface area contributed by atoms with Crippen molar-refractivity contribution in [3.8, 4) is 0 Å². The summed E-state index contributed by atoms with van der Waals surface area (Å²) < 4.78 is 0. The van der Waals surface area contributed by atoms with Gasteiger partial charge in [0.25, 0.3) is 0 Å². The fourth-order valence-electron chi connectivity index (χ4n) is 2.87. The van der Waals surface area contributed by atoms with Gasteiger partial charge >= 0.3 is 0 Å². The lowest BCUT2D eigenvalue weighted by Crippen LogP contribution is -2.50. The van der Waals surface area contributed by atoms with E-state index in [1.54, 1.807) is 6.92 Å². The zero-order chi connectivity index (χ0) is 10.7. The summed E-state index contributed by atoms with van der Waals surface area (Å²) in [5.41, 5.74) is 0. The van der Waals surface area contributed by atoms with Crippen LogP contribution in [0.15, 0.2) is 0 Å². The Hall–Kier alpha value is -0.410. The van der Waals surface area contributed by atoms with Crippen molar-refractivity contribution in [2.24, 2.45) is 0 Å². The van der Waals surface area contributed by atoms with Gasteiger partial charge in [-0.25, -0.2) is 0 Å². The maximum absolute atomic E-state index is 11.0. The Balaban J connectivity index is 1.73. The van der Waals surface area contributed by atoms with E-state index in [1.807, 2.05) is 0 Å². The number of rotatable bonds is 3. The highest BCUT2D eigenvalue weighted by Gasteiger charge is 2.26. The van der Waals surface area contributed by atoms with Crippen LogP contribution in [-0.4, -0.2) is 54.3 Å². The van der Waals surface area contributed by atoms with Crippen LogP contribution in [0.4, 0.5) is 0 Å². The molecule has 1 saturated carbocycles. The first-order valence-electron chi connectivity index (χ1n) is 6.21. The Morgan fingerprint density at radius 1 is 1.13 bits per heavy atom. The summed E-state index contributed by atoms with van der Waals surface area (Å²) in [5, 5.41) is 0. The lowest BCUT2D eigenvalue weighted by molar-refractivity contribution is -0.118. The maximum atomic E-state index is 11.0. The molecule has 3 heteroatoms. The Morgan fingerprint density at radius 2 is 1.73 bits per heavy atom. The number of hydrogen-bond acceptors (Lipinski definition) is 3. The van der Waals surface area contributed by atoms with Crippen LogP contribution in [0, 0.1) is 0 Å². The summed E-state index contributed by atoms with van der Waals surface area (Å²) in [6, 6.07) is 0.851. The average molecular weight is 210 g/mol. The third kappa shape index (κ3) is 3.02. The molecule has 0 amide bonds. The zero-order valence-corrected chi connectivity index (χ0v) is 9.74. The van der Waals surface area contributed by atoms with Crippen molar-refractivity contribution >= 4 is 5.78 Å². The van der Waals surface area contributed by atoms with E-state index in [9.17, 15) is 4.79 Å². The number of hydrogen-bond donors (Lipinski definition) is 0. The summed E-state index contributed by atoms with van der Waals surface area (Å²) in [5.74, 6) is 0.296. The Kier molecular flexibility index (Phi) is 3.76. The highest BCUT2D eigenvalue weighted by molar-refractivity contribution is 5.77. The molecule has 2 rings (SSSR count). The molecule has 0 spiro atoms.